The van der Waals surface area contributed by atoms with E-state index in [0.29, 0.717) is 22.3 Å². The van der Waals surface area contributed by atoms with Crippen LogP contribution in [0.4, 0.5) is 11.4 Å². The summed E-state index contributed by atoms with van der Waals surface area (Å²) in [7, 11) is 0. The van der Waals surface area contributed by atoms with E-state index in [1.54, 1.807) is 28.8 Å². The number of nitrogens with two attached hydrogens (primary N) is 1. The van der Waals surface area contributed by atoms with Crippen molar-refractivity contribution >= 4 is 45.0 Å². The average Bonchev–Trinajstić information content (AvgIpc) is 2.48. The molecule has 0 radical (unpaired) electrons. The number of fused-ring (bicyclic) bond motifs is 1. The second-order valence-electron chi connectivity index (χ2n) is 4.70. The van der Waals surface area contributed by atoms with Crippen LogP contribution in [-0.2, 0) is 0 Å². The number of aromatic hydroxyl groups is 1. The lowest BCUT2D eigenvalue weighted by atomic mass is 10.1. The zero-order valence-electron chi connectivity index (χ0n) is 11.0. The zero-order valence-corrected chi connectivity index (χ0v) is 13.4. The van der Waals surface area contributed by atoms with Crippen LogP contribution >= 0.6 is 27.7 Å². The first kappa shape index (κ1) is 14.3. The molecule has 1 amide bonds. The van der Waals surface area contributed by atoms with Gasteiger partial charge in [0.25, 0.3) is 5.91 Å². The molecule has 0 unspecified atom stereocenters. The Balaban J connectivity index is 1.99. The highest BCUT2D eigenvalue weighted by molar-refractivity contribution is 9.10. The molecule has 4 nitrogen and oxygen atoms in total. The monoisotopic (exact) mass is 364 g/mol. The Bertz CT molecular complexity index is 721. The maximum Gasteiger partial charge on any atom is 0.258 e. The molecule has 3 rings (SSSR count). The molecule has 0 aromatic heterocycles. The van der Waals surface area contributed by atoms with Crippen LogP contribution in [0.15, 0.2) is 45.8 Å². The number of thioether (sulfide) groups is 1. The summed E-state index contributed by atoms with van der Waals surface area (Å²) < 4.78 is 0.567. The van der Waals surface area contributed by atoms with E-state index in [1.165, 1.54) is 6.07 Å². The van der Waals surface area contributed by atoms with Gasteiger partial charge in [-0.2, -0.15) is 0 Å². The molecule has 6 heteroatoms. The largest absolute Gasteiger partial charge is 0.507 e. The lowest BCUT2D eigenvalue weighted by Gasteiger charge is -2.29. The molecule has 1 aliphatic heterocycles. The molecule has 0 atom stereocenters. The minimum atomic E-state index is -0.134. The molecule has 2 aromatic rings. The third-order valence-corrected chi connectivity index (χ3v) is 5.00. The summed E-state index contributed by atoms with van der Waals surface area (Å²) in [5.41, 5.74) is 7.75. The van der Waals surface area contributed by atoms with E-state index >= 15 is 0 Å². The second kappa shape index (κ2) is 5.61. The van der Waals surface area contributed by atoms with Gasteiger partial charge in [0.15, 0.2) is 0 Å². The molecule has 0 saturated heterocycles. The highest BCUT2D eigenvalue weighted by atomic mass is 79.9. The number of nitrogen functional groups attached to an aromatic ring is 1. The summed E-state index contributed by atoms with van der Waals surface area (Å²) in [6.07, 6.45) is 0. The number of anilines is 2. The number of hydrogen-bond donors (Lipinski definition) is 2. The standard InChI is InChI=1S/C15H13BrN2O2S/c16-11-3-1-9(7-13(11)19)15(20)18-5-6-21-14-4-2-10(17)8-12(14)18/h1-4,7-8,19H,5-6,17H2. The summed E-state index contributed by atoms with van der Waals surface area (Å²) >= 11 is 4.93. The van der Waals surface area contributed by atoms with Gasteiger partial charge in [-0.05, 0) is 52.3 Å². The Morgan fingerprint density at radius 2 is 2.10 bits per heavy atom. The highest BCUT2D eigenvalue weighted by Crippen LogP contribution is 2.37. The van der Waals surface area contributed by atoms with Crippen molar-refractivity contribution in [1.29, 1.82) is 0 Å². The normalized spacial score (nSPS) is 13.9. The van der Waals surface area contributed by atoms with E-state index in [2.05, 4.69) is 15.9 Å². The smallest absolute Gasteiger partial charge is 0.258 e. The van der Waals surface area contributed by atoms with E-state index in [0.717, 1.165) is 16.3 Å². The average molecular weight is 365 g/mol. The Hall–Kier alpha value is -1.66. The molecule has 0 bridgehead atoms. The van der Waals surface area contributed by atoms with Crippen LogP contribution in [0.1, 0.15) is 10.4 Å². The maximum atomic E-state index is 12.7. The van der Waals surface area contributed by atoms with Gasteiger partial charge < -0.3 is 15.7 Å². The van der Waals surface area contributed by atoms with E-state index in [4.69, 9.17) is 5.73 Å². The number of phenols is 1. The summed E-state index contributed by atoms with van der Waals surface area (Å²) in [6.45, 7) is 0.622. The van der Waals surface area contributed by atoms with Crippen LogP contribution in [0.3, 0.4) is 0 Å². The number of halogens is 1. The second-order valence-corrected chi connectivity index (χ2v) is 6.69. The lowest BCUT2D eigenvalue weighted by molar-refractivity contribution is 0.0987. The predicted molar refractivity (Wildman–Crippen MR) is 89.1 cm³/mol. The molecular weight excluding hydrogens is 352 g/mol. The van der Waals surface area contributed by atoms with E-state index < -0.39 is 0 Å². The van der Waals surface area contributed by atoms with Crippen LogP contribution in [0.5, 0.6) is 5.75 Å². The van der Waals surface area contributed by atoms with Gasteiger partial charge >= 0.3 is 0 Å². The summed E-state index contributed by atoms with van der Waals surface area (Å²) in [4.78, 5) is 15.4. The van der Waals surface area contributed by atoms with E-state index in [9.17, 15) is 9.90 Å². The molecule has 0 saturated carbocycles. The van der Waals surface area contributed by atoms with Gasteiger partial charge in [-0.3, -0.25) is 4.79 Å². The fourth-order valence-electron chi connectivity index (χ4n) is 2.25. The first-order valence-corrected chi connectivity index (χ1v) is 8.17. The predicted octanol–water partition coefficient (Wildman–Crippen LogP) is 3.49. The molecule has 3 N–H and O–H groups in total. The Morgan fingerprint density at radius 3 is 2.86 bits per heavy atom. The number of nitrogens with zero attached hydrogens (tertiary/aromatic N) is 1. The number of rotatable bonds is 1. The van der Waals surface area contributed by atoms with Crippen molar-refractivity contribution in [3.05, 3.63) is 46.4 Å². The van der Waals surface area contributed by atoms with Gasteiger partial charge in [-0.1, -0.05) is 0 Å². The van der Waals surface area contributed by atoms with Crippen molar-refractivity contribution < 1.29 is 9.90 Å². The van der Waals surface area contributed by atoms with Gasteiger partial charge in [0.05, 0.1) is 10.2 Å². The van der Waals surface area contributed by atoms with Crippen molar-refractivity contribution in [2.24, 2.45) is 0 Å². The fraction of sp³-hybridized carbons (Fsp3) is 0.133. The van der Waals surface area contributed by atoms with Crippen LogP contribution in [0, 0.1) is 0 Å². The van der Waals surface area contributed by atoms with Crippen LogP contribution in [-0.4, -0.2) is 23.3 Å². The molecule has 1 heterocycles. The Kier molecular flexibility index (Phi) is 3.82. The fourth-order valence-corrected chi connectivity index (χ4v) is 3.47. The van der Waals surface area contributed by atoms with Crippen molar-refractivity contribution in [1.82, 2.24) is 0 Å². The minimum Gasteiger partial charge on any atom is -0.507 e. The summed E-state index contributed by atoms with van der Waals surface area (Å²) in [5.74, 6) is 0.760. The topological polar surface area (TPSA) is 66.6 Å². The van der Waals surface area contributed by atoms with E-state index in [1.807, 2.05) is 18.2 Å². The first-order chi connectivity index (χ1) is 10.1. The third-order valence-electron chi connectivity index (χ3n) is 3.28. The van der Waals surface area contributed by atoms with Crippen molar-refractivity contribution in [3.63, 3.8) is 0 Å². The quantitative estimate of drug-likeness (QED) is 0.760. The van der Waals surface area contributed by atoms with E-state index in [-0.39, 0.29) is 11.7 Å². The third kappa shape index (κ3) is 2.73. The Labute approximate surface area is 135 Å². The number of carbonyl (C=O) groups excluding carboxylic acids is 1. The molecule has 2 aromatic carbocycles. The zero-order chi connectivity index (χ0) is 15.0. The van der Waals surface area contributed by atoms with Crippen LogP contribution in [0.2, 0.25) is 0 Å². The van der Waals surface area contributed by atoms with Crippen molar-refractivity contribution in [2.45, 2.75) is 4.90 Å². The molecule has 0 spiro atoms. The van der Waals surface area contributed by atoms with Gasteiger partial charge in [0.1, 0.15) is 5.75 Å². The number of phenolic OH excluding ortho intramolecular Hbond substituents is 1. The number of hydrogen-bond acceptors (Lipinski definition) is 4. The first-order valence-electron chi connectivity index (χ1n) is 6.39. The number of benzene rings is 2. The molecular formula is C15H13BrN2O2S. The highest BCUT2D eigenvalue weighted by Gasteiger charge is 2.24. The molecule has 1 aliphatic rings. The SMILES string of the molecule is Nc1ccc2c(c1)N(C(=O)c1ccc(Br)c(O)c1)CCS2. The summed E-state index contributed by atoms with van der Waals surface area (Å²) in [5, 5.41) is 9.74. The molecule has 0 fully saturated rings. The van der Waals surface area contributed by atoms with Crippen molar-refractivity contribution in [3.8, 4) is 5.75 Å². The molecule has 108 valence electrons. The van der Waals surface area contributed by atoms with Crippen LogP contribution in [0.25, 0.3) is 0 Å². The maximum absolute atomic E-state index is 12.7. The van der Waals surface area contributed by atoms with Crippen molar-refractivity contribution in [2.75, 3.05) is 22.9 Å². The number of amides is 1. The van der Waals surface area contributed by atoms with Gasteiger partial charge in [-0.25, -0.2) is 0 Å². The molecule has 0 aliphatic carbocycles. The van der Waals surface area contributed by atoms with Crippen LogP contribution < -0.4 is 10.6 Å². The van der Waals surface area contributed by atoms with Gasteiger partial charge in [0.2, 0.25) is 0 Å². The Morgan fingerprint density at radius 1 is 1.29 bits per heavy atom. The lowest BCUT2D eigenvalue weighted by Crippen LogP contribution is -2.35. The minimum absolute atomic E-state index is 0.0556. The van der Waals surface area contributed by atoms with Gasteiger partial charge in [-0.15, -0.1) is 11.8 Å². The van der Waals surface area contributed by atoms with Gasteiger partial charge in [0, 0.05) is 28.4 Å². The summed E-state index contributed by atoms with van der Waals surface area (Å²) in [6, 6.07) is 10.4. The molecule has 21 heavy (non-hydrogen) atoms. The number of carbonyl (C=O) groups is 1.